The molecule has 0 spiro atoms. The van der Waals surface area contributed by atoms with Gasteiger partial charge in [0.15, 0.2) is 0 Å². The van der Waals surface area contributed by atoms with Crippen molar-refractivity contribution in [3.8, 4) is 0 Å². The van der Waals surface area contributed by atoms with Crippen molar-refractivity contribution in [2.45, 2.75) is 12.8 Å². The maximum Gasteiger partial charge on any atom is 0.233 e. The third-order valence-corrected chi connectivity index (χ3v) is 7.41. The number of carbonyl (C=O) groups is 2. The third kappa shape index (κ3) is 2.27. The Morgan fingerprint density at radius 1 is 0.966 bits per heavy atom. The molecule has 0 amide bonds. The van der Waals surface area contributed by atoms with Crippen LogP contribution in [0.15, 0.2) is 59.5 Å². The molecule has 1 aliphatic heterocycles. The van der Waals surface area contributed by atoms with E-state index in [-0.39, 0.29) is 5.92 Å². The lowest BCUT2D eigenvalue weighted by Crippen LogP contribution is -2.32. The molecule has 0 fully saturated rings. The molecular weight excluding hydrogens is 400 g/mol. The third-order valence-electron chi connectivity index (χ3n) is 5.53. The van der Waals surface area contributed by atoms with Crippen molar-refractivity contribution >= 4 is 55.8 Å². The van der Waals surface area contributed by atoms with Crippen LogP contribution < -0.4 is 5.32 Å². The van der Waals surface area contributed by atoms with E-state index < -0.39 is 11.6 Å². The van der Waals surface area contributed by atoms with E-state index in [1.165, 1.54) is 0 Å². The molecule has 0 saturated heterocycles. The molecule has 6 rings (SSSR count). The number of ketones is 2. The Morgan fingerprint density at radius 2 is 1.79 bits per heavy atom. The van der Waals surface area contributed by atoms with E-state index in [2.05, 4.69) is 17.4 Å². The predicted molar refractivity (Wildman–Crippen MR) is 117 cm³/mol. The number of rotatable bonds is 1. The fourth-order valence-electron chi connectivity index (χ4n) is 4.36. The molecule has 0 bridgehead atoms. The van der Waals surface area contributed by atoms with E-state index in [9.17, 15) is 9.59 Å². The molecule has 1 unspecified atom stereocenters. The monoisotopic (exact) mass is 414 g/mol. The lowest BCUT2D eigenvalue weighted by atomic mass is 9.75. The van der Waals surface area contributed by atoms with E-state index in [1.54, 1.807) is 34.8 Å². The van der Waals surface area contributed by atoms with Gasteiger partial charge >= 0.3 is 0 Å². The second-order valence-electron chi connectivity index (χ2n) is 7.17. The van der Waals surface area contributed by atoms with Crippen molar-refractivity contribution in [3.05, 3.63) is 86.1 Å². The summed E-state index contributed by atoms with van der Waals surface area (Å²) < 4.78 is 1.09. The maximum atomic E-state index is 13.3. The first-order valence-electron chi connectivity index (χ1n) is 9.26. The van der Waals surface area contributed by atoms with E-state index >= 15 is 0 Å². The summed E-state index contributed by atoms with van der Waals surface area (Å²) in [6, 6.07) is 15.5. The lowest BCUT2D eigenvalue weighted by Gasteiger charge is -2.33. The van der Waals surface area contributed by atoms with Gasteiger partial charge in [-0.25, -0.2) is 4.98 Å². The van der Waals surface area contributed by atoms with Crippen LogP contribution >= 0.6 is 22.7 Å². The molecule has 4 aromatic rings. The Labute approximate surface area is 174 Å². The van der Waals surface area contributed by atoms with Crippen molar-refractivity contribution in [1.29, 1.82) is 0 Å². The largest absolute Gasteiger partial charge is 0.354 e. The first kappa shape index (κ1) is 16.8. The van der Waals surface area contributed by atoms with Crippen LogP contribution in [-0.4, -0.2) is 16.6 Å². The molecule has 4 nitrogen and oxygen atoms in total. The van der Waals surface area contributed by atoms with E-state index in [0.29, 0.717) is 11.1 Å². The minimum absolute atomic E-state index is 0.309. The molecule has 0 radical (unpaired) electrons. The maximum absolute atomic E-state index is 13.3. The summed E-state index contributed by atoms with van der Waals surface area (Å²) in [6.07, 6.45) is 0. The highest BCUT2D eigenvalue weighted by Gasteiger charge is 2.42. The standard InChI is InChI=1S/C23H14N2O2S2/c1-11-24-21-16(29-11)9-8-14-17(21)18(15-7-4-10-28-15)19-20(25-14)12-5-2-3-6-13(12)22(26)23(19)27/h2-10,18,25H,1H3. The molecule has 1 atom stereocenters. The number of hydrogen-bond acceptors (Lipinski definition) is 6. The van der Waals surface area contributed by atoms with Crippen LogP contribution in [-0.2, 0) is 4.79 Å². The normalized spacial score (nSPS) is 17.8. The van der Waals surface area contributed by atoms with Gasteiger partial charge in [0.2, 0.25) is 11.6 Å². The number of benzene rings is 2. The molecule has 2 aliphatic rings. The van der Waals surface area contributed by atoms with Gasteiger partial charge in [0.1, 0.15) is 0 Å². The number of aromatic nitrogens is 1. The minimum Gasteiger partial charge on any atom is -0.354 e. The van der Waals surface area contributed by atoms with Crippen LogP contribution in [0.3, 0.4) is 0 Å². The Hall–Kier alpha value is -3.09. The highest BCUT2D eigenvalue weighted by molar-refractivity contribution is 7.18. The van der Waals surface area contributed by atoms with Gasteiger partial charge in [-0.3, -0.25) is 9.59 Å². The zero-order chi connectivity index (χ0) is 19.7. The summed E-state index contributed by atoms with van der Waals surface area (Å²) >= 11 is 3.24. The van der Waals surface area contributed by atoms with Crippen LogP contribution in [0.4, 0.5) is 5.69 Å². The van der Waals surface area contributed by atoms with E-state index in [1.807, 2.05) is 36.6 Å². The van der Waals surface area contributed by atoms with Gasteiger partial charge in [-0.15, -0.1) is 22.7 Å². The van der Waals surface area contributed by atoms with Gasteiger partial charge in [-0.1, -0.05) is 30.3 Å². The van der Waals surface area contributed by atoms with E-state index in [4.69, 9.17) is 4.98 Å². The van der Waals surface area contributed by atoms with Crippen molar-refractivity contribution in [2.24, 2.45) is 0 Å². The highest BCUT2D eigenvalue weighted by Crippen LogP contribution is 2.50. The number of thiophene rings is 1. The minimum atomic E-state index is -0.437. The topological polar surface area (TPSA) is 59.1 Å². The second-order valence-corrected chi connectivity index (χ2v) is 9.39. The van der Waals surface area contributed by atoms with Crippen LogP contribution in [0, 0.1) is 6.92 Å². The molecule has 2 aromatic carbocycles. The molecule has 1 aliphatic carbocycles. The van der Waals surface area contributed by atoms with Gasteiger partial charge in [0, 0.05) is 32.8 Å². The summed E-state index contributed by atoms with van der Waals surface area (Å²) in [5.41, 5.74) is 5.34. The average Bonchev–Trinajstić information content (AvgIpc) is 3.39. The molecule has 6 heteroatoms. The summed E-state index contributed by atoms with van der Waals surface area (Å²) in [4.78, 5) is 32.1. The molecule has 0 saturated carbocycles. The smallest absolute Gasteiger partial charge is 0.233 e. The highest BCUT2D eigenvalue weighted by atomic mass is 32.1. The SMILES string of the molecule is Cc1nc2c3c(ccc2s1)NC1=C(C(=O)C(=O)c2ccccc21)C3c1cccs1. The van der Waals surface area contributed by atoms with Crippen LogP contribution in [0.5, 0.6) is 0 Å². The van der Waals surface area contributed by atoms with Crippen molar-refractivity contribution in [2.75, 3.05) is 5.32 Å². The summed E-state index contributed by atoms with van der Waals surface area (Å²) in [6.45, 7) is 1.99. The van der Waals surface area contributed by atoms with Crippen LogP contribution in [0.2, 0.25) is 0 Å². The zero-order valence-corrected chi connectivity index (χ0v) is 17.0. The fraction of sp³-hybridized carbons (Fsp3) is 0.0870. The molecule has 1 N–H and O–H groups in total. The number of allylic oxidation sites excluding steroid dienone is 1. The Kier molecular flexibility index (Phi) is 3.45. The van der Waals surface area contributed by atoms with Crippen LogP contribution in [0.25, 0.3) is 15.9 Å². The number of nitrogens with zero attached hydrogens (tertiary/aromatic N) is 1. The summed E-state index contributed by atoms with van der Waals surface area (Å²) in [7, 11) is 0. The van der Waals surface area contributed by atoms with Crippen LogP contribution in [0.1, 0.15) is 37.3 Å². The van der Waals surface area contributed by atoms with Gasteiger partial charge < -0.3 is 5.32 Å². The Morgan fingerprint density at radius 3 is 2.59 bits per heavy atom. The number of fused-ring (bicyclic) bond motifs is 5. The number of carbonyl (C=O) groups excluding carboxylic acids is 2. The van der Waals surface area contributed by atoms with Gasteiger partial charge in [-0.05, 0) is 30.5 Å². The van der Waals surface area contributed by atoms with Gasteiger partial charge in [-0.2, -0.15) is 0 Å². The predicted octanol–water partition coefficient (Wildman–Crippen LogP) is 5.40. The Balaban J connectivity index is 1.73. The molecular formula is C23H14N2O2S2. The Bertz CT molecular complexity index is 1380. The number of Topliss-reactive ketones (excluding diaryl/α,β-unsaturated/α-hetero) is 2. The number of hydrogen-bond donors (Lipinski definition) is 1. The number of thiazole rings is 1. The average molecular weight is 415 g/mol. The van der Waals surface area contributed by atoms with Gasteiger partial charge in [0.25, 0.3) is 0 Å². The second kappa shape index (κ2) is 5.95. The number of nitrogens with one attached hydrogen (secondary N) is 1. The first-order valence-corrected chi connectivity index (χ1v) is 11.0. The molecule has 3 heterocycles. The van der Waals surface area contributed by atoms with Crippen molar-refractivity contribution in [1.82, 2.24) is 4.98 Å². The summed E-state index contributed by atoms with van der Waals surface area (Å²) in [5.74, 6) is -1.18. The molecule has 2 aromatic heterocycles. The molecule has 29 heavy (non-hydrogen) atoms. The number of anilines is 1. The molecule has 140 valence electrons. The quantitative estimate of drug-likeness (QED) is 0.424. The lowest BCUT2D eigenvalue weighted by molar-refractivity contribution is -0.112. The fourth-order valence-corrected chi connectivity index (χ4v) is 6.04. The first-order chi connectivity index (χ1) is 14.1. The van der Waals surface area contributed by atoms with Crippen molar-refractivity contribution in [3.63, 3.8) is 0 Å². The number of aryl methyl sites for hydroxylation is 1. The zero-order valence-electron chi connectivity index (χ0n) is 15.4. The van der Waals surface area contributed by atoms with Crippen molar-refractivity contribution < 1.29 is 9.59 Å². The van der Waals surface area contributed by atoms with Gasteiger partial charge in [0.05, 0.1) is 26.8 Å². The van der Waals surface area contributed by atoms with E-state index in [0.717, 1.165) is 42.6 Å². The summed E-state index contributed by atoms with van der Waals surface area (Å²) in [5, 5.41) is 6.46.